The summed E-state index contributed by atoms with van der Waals surface area (Å²) in [6.07, 6.45) is 7.74. The summed E-state index contributed by atoms with van der Waals surface area (Å²) in [7, 11) is 2.16. The van der Waals surface area contributed by atoms with Crippen LogP contribution in [0.5, 0.6) is 0 Å². The number of anilines is 1. The minimum atomic E-state index is 0.415. The van der Waals surface area contributed by atoms with E-state index in [0.29, 0.717) is 6.04 Å². The summed E-state index contributed by atoms with van der Waals surface area (Å²) in [4.78, 5) is 13.8. The summed E-state index contributed by atoms with van der Waals surface area (Å²) >= 11 is 3.47. The van der Waals surface area contributed by atoms with Crippen LogP contribution in [0, 0.1) is 0 Å². The van der Waals surface area contributed by atoms with Gasteiger partial charge >= 0.3 is 0 Å². The molecule has 0 radical (unpaired) electrons. The van der Waals surface area contributed by atoms with Crippen LogP contribution in [0.15, 0.2) is 23.2 Å². The second-order valence-corrected chi connectivity index (χ2v) is 7.05. The van der Waals surface area contributed by atoms with Crippen LogP contribution < -0.4 is 4.90 Å². The Balaban J connectivity index is 1.59. The maximum absolute atomic E-state index is 4.59. The van der Waals surface area contributed by atoms with Crippen LogP contribution in [0.1, 0.15) is 23.7 Å². The fraction of sp³-hybridized carbons (Fsp3) is 0.533. The average Bonchev–Trinajstić information content (AvgIpc) is 3.15. The van der Waals surface area contributed by atoms with Gasteiger partial charge in [0.2, 0.25) is 0 Å². The Morgan fingerprint density at radius 3 is 3.00 bits per heavy atom. The first-order valence-corrected chi connectivity index (χ1v) is 8.46. The molecule has 0 aromatic carbocycles. The molecule has 2 aromatic rings. The first-order valence-electron chi connectivity index (χ1n) is 7.66. The summed E-state index contributed by atoms with van der Waals surface area (Å²) < 4.78 is 3.09. The van der Waals surface area contributed by atoms with Gasteiger partial charge in [0.05, 0.1) is 22.4 Å². The molecule has 116 valence electrons. The van der Waals surface area contributed by atoms with E-state index in [2.05, 4.69) is 58.7 Å². The Morgan fingerprint density at radius 1 is 1.27 bits per heavy atom. The van der Waals surface area contributed by atoms with Crippen LogP contribution in [0.25, 0.3) is 0 Å². The van der Waals surface area contributed by atoms with Gasteiger partial charge in [0.1, 0.15) is 12.1 Å². The van der Waals surface area contributed by atoms with E-state index in [1.165, 1.54) is 11.3 Å². The molecule has 2 aliphatic rings. The molecule has 1 fully saturated rings. The summed E-state index contributed by atoms with van der Waals surface area (Å²) in [5, 5.41) is 4.43. The molecular formula is C15H19BrN6. The molecule has 0 spiro atoms. The van der Waals surface area contributed by atoms with Crippen LogP contribution in [0.2, 0.25) is 0 Å². The van der Waals surface area contributed by atoms with Crippen molar-refractivity contribution in [1.82, 2.24) is 24.6 Å². The van der Waals surface area contributed by atoms with Crippen molar-refractivity contribution in [2.75, 3.05) is 31.6 Å². The van der Waals surface area contributed by atoms with Gasteiger partial charge in [0, 0.05) is 44.4 Å². The van der Waals surface area contributed by atoms with E-state index < -0.39 is 0 Å². The van der Waals surface area contributed by atoms with E-state index >= 15 is 0 Å². The summed E-state index contributed by atoms with van der Waals surface area (Å²) in [6, 6.07) is 0.415. The summed E-state index contributed by atoms with van der Waals surface area (Å²) in [5.41, 5.74) is 2.52. The highest BCUT2D eigenvalue weighted by Crippen LogP contribution is 2.31. The topological polar surface area (TPSA) is 50.1 Å². The number of aromatic nitrogens is 4. The lowest BCUT2D eigenvalue weighted by Gasteiger charge is -2.28. The van der Waals surface area contributed by atoms with Crippen molar-refractivity contribution < 1.29 is 0 Å². The summed E-state index contributed by atoms with van der Waals surface area (Å²) in [6.45, 7) is 4.00. The number of fused-ring (bicyclic) bond motifs is 1. The van der Waals surface area contributed by atoms with Crippen molar-refractivity contribution in [3.8, 4) is 0 Å². The SMILES string of the molecule is CN1CCc2ncnc(N3CCC(n4cc(Br)cn4)C3)c2C1. The molecule has 22 heavy (non-hydrogen) atoms. The maximum atomic E-state index is 4.59. The molecule has 0 aliphatic carbocycles. The van der Waals surface area contributed by atoms with Gasteiger partial charge in [-0.25, -0.2) is 9.97 Å². The highest BCUT2D eigenvalue weighted by atomic mass is 79.9. The standard InChI is InChI=1S/C15H19BrN6/c1-20-4-3-14-13(9-20)15(18-10-17-14)21-5-2-12(8-21)22-7-11(16)6-19-22/h6-7,10,12H,2-5,8-9H2,1H3. The monoisotopic (exact) mass is 362 g/mol. The zero-order chi connectivity index (χ0) is 15.1. The molecule has 1 atom stereocenters. The first-order chi connectivity index (χ1) is 10.7. The third kappa shape index (κ3) is 2.52. The van der Waals surface area contributed by atoms with E-state index in [4.69, 9.17) is 0 Å². The molecule has 2 aromatic heterocycles. The first kappa shape index (κ1) is 14.1. The molecule has 1 saturated heterocycles. The Labute approximate surface area is 138 Å². The van der Waals surface area contributed by atoms with Crippen LogP contribution in [0.4, 0.5) is 5.82 Å². The molecular weight excluding hydrogens is 344 g/mol. The molecule has 7 heteroatoms. The number of nitrogens with zero attached hydrogens (tertiary/aromatic N) is 6. The number of likely N-dealkylation sites (N-methyl/N-ethyl adjacent to an activating group) is 1. The lowest BCUT2D eigenvalue weighted by atomic mass is 10.1. The van der Waals surface area contributed by atoms with Gasteiger partial charge in [-0.05, 0) is 29.4 Å². The minimum absolute atomic E-state index is 0.415. The molecule has 1 unspecified atom stereocenters. The van der Waals surface area contributed by atoms with Crippen molar-refractivity contribution in [1.29, 1.82) is 0 Å². The fourth-order valence-corrected chi connectivity index (χ4v) is 3.70. The van der Waals surface area contributed by atoms with Gasteiger partial charge in [-0.1, -0.05) is 0 Å². The van der Waals surface area contributed by atoms with E-state index in [0.717, 1.165) is 49.3 Å². The second kappa shape index (κ2) is 5.62. The van der Waals surface area contributed by atoms with Crippen LogP contribution in [0.3, 0.4) is 0 Å². The van der Waals surface area contributed by atoms with Crippen molar-refractivity contribution in [3.63, 3.8) is 0 Å². The minimum Gasteiger partial charge on any atom is -0.354 e. The second-order valence-electron chi connectivity index (χ2n) is 6.14. The predicted octanol–water partition coefficient (Wildman–Crippen LogP) is 1.87. The molecule has 0 saturated carbocycles. The zero-order valence-corrected chi connectivity index (χ0v) is 14.2. The zero-order valence-electron chi connectivity index (χ0n) is 12.6. The number of halogens is 1. The molecule has 6 nitrogen and oxygen atoms in total. The highest BCUT2D eigenvalue weighted by Gasteiger charge is 2.29. The molecule has 0 amide bonds. The maximum Gasteiger partial charge on any atom is 0.136 e. The summed E-state index contributed by atoms with van der Waals surface area (Å²) in [5.74, 6) is 1.12. The largest absolute Gasteiger partial charge is 0.354 e. The van der Waals surface area contributed by atoms with Crippen LogP contribution in [-0.2, 0) is 13.0 Å². The molecule has 4 rings (SSSR count). The van der Waals surface area contributed by atoms with E-state index in [1.807, 2.05) is 6.20 Å². The molecule has 4 heterocycles. The quantitative estimate of drug-likeness (QED) is 0.816. The third-order valence-electron chi connectivity index (χ3n) is 4.58. The van der Waals surface area contributed by atoms with Crippen LogP contribution in [-0.4, -0.2) is 51.3 Å². The van der Waals surface area contributed by atoms with Gasteiger partial charge in [-0.2, -0.15) is 5.10 Å². The number of hydrogen-bond acceptors (Lipinski definition) is 5. The third-order valence-corrected chi connectivity index (χ3v) is 4.99. The Bertz CT molecular complexity index is 684. The Morgan fingerprint density at radius 2 is 2.18 bits per heavy atom. The lowest BCUT2D eigenvalue weighted by molar-refractivity contribution is 0.309. The van der Waals surface area contributed by atoms with Crippen molar-refractivity contribution in [2.24, 2.45) is 0 Å². The van der Waals surface area contributed by atoms with Gasteiger partial charge in [-0.3, -0.25) is 4.68 Å². The normalized spacial score (nSPS) is 22.1. The fourth-order valence-electron chi connectivity index (χ4n) is 3.40. The van der Waals surface area contributed by atoms with Gasteiger partial charge in [0.15, 0.2) is 0 Å². The van der Waals surface area contributed by atoms with E-state index in [9.17, 15) is 0 Å². The van der Waals surface area contributed by atoms with Crippen molar-refractivity contribution in [2.45, 2.75) is 25.4 Å². The Hall–Kier alpha value is -1.47. The lowest BCUT2D eigenvalue weighted by Crippen LogP contribution is -2.31. The number of hydrogen-bond donors (Lipinski definition) is 0. The molecule has 0 bridgehead atoms. The van der Waals surface area contributed by atoms with Crippen molar-refractivity contribution in [3.05, 3.63) is 34.5 Å². The van der Waals surface area contributed by atoms with Gasteiger partial charge < -0.3 is 9.80 Å². The van der Waals surface area contributed by atoms with Crippen molar-refractivity contribution >= 4 is 21.7 Å². The smallest absolute Gasteiger partial charge is 0.136 e. The Kier molecular flexibility index (Phi) is 3.62. The highest BCUT2D eigenvalue weighted by molar-refractivity contribution is 9.10. The van der Waals surface area contributed by atoms with Gasteiger partial charge in [0.25, 0.3) is 0 Å². The van der Waals surface area contributed by atoms with Crippen LogP contribution >= 0.6 is 15.9 Å². The van der Waals surface area contributed by atoms with E-state index in [1.54, 1.807) is 6.33 Å². The van der Waals surface area contributed by atoms with E-state index in [-0.39, 0.29) is 0 Å². The average molecular weight is 363 g/mol. The predicted molar refractivity (Wildman–Crippen MR) is 87.9 cm³/mol. The van der Waals surface area contributed by atoms with Gasteiger partial charge in [-0.15, -0.1) is 0 Å². The molecule has 2 aliphatic heterocycles. The molecule has 0 N–H and O–H groups in total. The number of rotatable bonds is 2.